The van der Waals surface area contributed by atoms with Gasteiger partial charge in [-0.1, -0.05) is 30.3 Å². The van der Waals surface area contributed by atoms with Crippen LogP contribution >= 0.6 is 0 Å². The zero-order valence-corrected chi connectivity index (χ0v) is 7.01. The van der Waals surface area contributed by atoms with Crippen LogP contribution in [0.3, 0.4) is 0 Å². The molecular weight excluding hydrogens is 168 g/mol. The van der Waals surface area contributed by atoms with Crippen molar-refractivity contribution in [3.8, 4) is 0 Å². The van der Waals surface area contributed by atoms with Crippen LogP contribution in [-0.2, 0) is 16.3 Å². The summed E-state index contributed by atoms with van der Waals surface area (Å²) in [6.45, 7) is 0.178. The van der Waals surface area contributed by atoms with Gasteiger partial charge in [-0.05, 0) is 17.2 Å². The predicted molar refractivity (Wildman–Crippen MR) is 49.0 cm³/mol. The Labute approximate surface area is 76.2 Å². The molecule has 0 aliphatic rings. The first-order valence-electron chi connectivity index (χ1n) is 3.84. The molecule has 68 valence electrons. The third-order valence-corrected chi connectivity index (χ3v) is 1.58. The van der Waals surface area contributed by atoms with Crippen molar-refractivity contribution in [2.24, 2.45) is 0 Å². The molecule has 0 fully saturated rings. The van der Waals surface area contributed by atoms with E-state index >= 15 is 0 Å². The second kappa shape index (κ2) is 5.24. The van der Waals surface area contributed by atoms with Gasteiger partial charge in [-0.3, -0.25) is 10.1 Å². The van der Waals surface area contributed by atoms with Gasteiger partial charge in [0.1, 0.15) is 12.9 Å². The molecule has 0 aliphatic heterocycles. The van der Waals surface area contributed by atoms with Crippen molar-refractivity contribution in [3.63, 3.8) is 0 Å². The molecule has 1 N–H and O–H groups in total. The Morgan fingerprint density at radius 3 is 2.54 bits per heavy atom. The molecule has 0 saturated carbocycles. The number of aldehydes is 1. The maximum Gasteiger partial charge on any atom is 0.142 e. The summed E-state index contributed by atoms with van der Waals surface area (Å²) in [7, 11) is 0. The molecule has 0 bridgehead atoms. The lowest BCUT2D eigenvalue weighted by molar-refractivity contribution is -0.253. The van der Waals surface area contributed by atoms with Crippen molar-refractivity contribution in [2.75, 3.05) is 0 Å². The third kappa shape index (κ3) is 3.19. The van der Waals surface area contributed by atoms with Crippen molar-refractivity contribution in [1.82, 2.24) is 0 Å². The molecule has 0 radical (unpaired) electrons. The summed E-state index contributed by atoms with van der Waals surface area (Å²) in [4.78, 5) is 14.0. The van der Waals surface area contributed by atoms with Gasteiger partial charge >= 0.3 is 0 Å². The molecule has 1 rings (SSSR count). The van der Waals surface area contributed by atoms with Crippen LogP contribution in [-0.4, -0.2) is 11.5 Å². The van der Waals surface area contributed by atoms with E-state index < -0.39 is 0 Å². The number of hydrogen-bond acceptors (Lipinski definition) is 3. The van der Waals surface area contributed by atoms with E-state index in [1.165, 1.54) is 6.08 Å². The Kier molecular flexibility index (Phi) is 3.88. The third-order valence-electron chi connectivity index (χ3n) is 1.58. The van der Waals surface area contributed by atoms with E-state index in [1.807, 2.05) is 24.3 Å². The molecule has 0 atom stereocenters. The Bertz CT molecular complexity index is 288. The first-order valence-corrected chi connectivity index (χ1v) is 3.84. The molecule has 13 heavy (non-hydrogen) atoms. The monoisotopic (exact) mass is 178 g/mol. The highest BCUT2D eigenvalue weighted by molar-refractivity contribution is 5.73. The van der Waals surface area contributed by atoms with Gasteiger partial charge in [0, 0.05) is 0 Å². The summed E-state index contributed by atoms with van der Waals surface area (Å²) < 4.78 is 0. The standard InChI is InChI=1S/C10H10O3/c11-7-1-2-9-3-5-10(6-4-9)8-13-12/h1-7,12H,8H2/b2-1+. The number of hydrogen-bond donors (Lipinski definition) is 1. The van der Waals surface area contributed by atoms with Crippen molar-refractivity contribution >= 4 is 12.4 Å². The predicted octanol–water partition coefficient (Wildman–Crippen LogP) is 1.89. The maximum atomic E-state index is 10.0. The quantitative estimate of drug-likeness (QED) is 0.331. The van der Waals surface area contributed by atoms with Gasteiger partial charge in [0.05, 0.1) is 0 Å². The fourth-order valence-corrected chi connectivity index (χ4v) is 0.950. The molecular formula is C10H10O3. The summed E-state index contributed by atoms with van der Waals surface area (Å²) in [5.41, 5.74) is 1.82. The molecule has 3 nitrogen and oxygen atoms in total. The number of rotatable bonds is 4. The highest BCUT2D eigenvalue weighted by Crippen LogP contribution is 2.06. The Morgan fingerprint density at radius 1 is 1.31 bits per heavy atom. The van der Waals surface area contributed by atoms with Gasteiger partial charge in [-0.25, -0.2) is 4.89 Å². The van der Waals surface area contributed by atoms with Crippen LogP contribution < -0.4 is 0 Å². The zero-order valence-electron chi connectivity index (χ0n) is 7.01. The highest BCUT2D eigenvalue weighted by atomic mass is 17.1. The van der Waals surface area contributed by atoms with Gasteiger partial charge in [-0.2, -0.15) is 0 Å². The molecule has 0 saturated heterocycles. The second-order valence-electron chi connectivity index (χ2n) is 2.51. The summed E-state index contributed by atoms with van der Waals surface area (Å²) in [5.74, 6) is 0. The lowest BCUT2D eigenvalue weighted by Crippen LogP contribution is -1.86. The molecule has 0 aliphatic carbocycles. The van der Waals surface area contributed by atoms with Crippen LogP contribution in [0.2, 0.25) is 0 Å². The molecule has 0 heterocycles. The van der Waals surface area contributed by atoms with E-state index in [0.29, 0.717) is 0 Å². The Morgan fingerprint density at radius 2 is 2.00 bits per heavy atom. The number of allylic oxidation sites excluding steroid dienone is 1. The Balaban J connectivity index is 2.69. The average Bonchev–Trinajstić information content (AvgIpc) is 2.17. The first kappa shape index (κ1) is 9.64. The van der Waals surface area contributed by atoms with Gasteiger partial charge in [0.15, 0.2) is 0 Å². The van der Waals surface area contributed by atoms with Crippen LogP contribution in [0.15, 0.2) is 30.3 Å². The van der Waals surface area contributed by atoms with E-state index in [0.717, 1.165) is 17.4 Å². The molecule has 3 heteroatoms. The van der Waals surface area contributed by atoms with Gasteiger partial charge in [0.25, 0.3) is 0 Å². The summed E-state index contributed by atoms with van der Waals surface area (Å²) in [6, 6.07) is 7.32. The van der Waals surface area contributed by atoms with E-state index in [2.05, 4.69) is 4.89 Å². The van der Waals surface area contributed by atoms with Crippen LogP contribution in [0.25, 0.3) is 6.08 Å². The zero-order chi connectivity index (χ0) is 9.52. The fourth-order valence-electron chi connectivity index (χ4n) is 0.950. The molecule has 1 aromatic carbocycles. The van der Waals surface area contributed by atoms with Crippen LogP contribution in [0, 0.1) is 0 Å². The normalized spacial score (nSPS) is 10.5. The summed E-state index contributed by atoms with van der Waals surface area (Å²) in [5, 5.41) is 8.17. The van der Waals surface area contributed by atoms with Gasteiger partial charge in [0.2, 0.25) is 0 Å². The topological polar surface area (TPSA) is 46.5 Å². The lowest BCUT2D eigenvalue weighted by Gasteiger charge is -1.97. The summed E-state index contributed by atoms with van der Waals surface area (Å²) in [6.07, 6.45) is 3.86. The van der Waals surface area contributed by atoms with Crippen molar-refractivity contribution in [2.45, 2.75) is 6.61 Å². The van der Waals surface area contributed by atoms with Crippen LogP contribution in [0.4, 0.5) is 0 Å². The maximum absolute atomic E-state index is 10.0. The lowest BCUT2D eigenvalue weighted by atomic mass is 10.1. The van der Waals surface area contributed by atoms with Gasteiger partial charge < -0.3 is 0 Å². The molecule has 0 amide bonds. The van der Waals surface area contributed by atoms with E-state index in [9.17, 15) is 4.79 Å². The SMILES string of the molecule is O=C/C=C/c1ccc(COO)cc1. The van der Waals surface area contributed by atoms with Crippen LogP contribution in [0.5, 0.6) is 0 Å². The van der Waals surface area contributed by atoms with E-state index in [4.69, 9.17) is 5.26 Å². The van der Waals surface area contributed by atoms with Crippen molar-refractivity contribution in [3.05, 3.63) is 41.5 Å². The van der Waals surface area contributed by atoms with Crippen LogP contribution in [0.1, 0.15) is 11.1 Å². The first-order chi connectivity index (χ1) is 6.36. The molecule has 1 aromatic rings. The summed E-state index contributed by atoms with van der Waals surface area (Å²) >= 11 is 0. The average molecular weight is 178 g/mol. The second-order valence-corrected chi connectivity index (χ2v) is 2.51. The van der Waals surface area contributed by atoms with Crippen molar-refractivity contribution in [1.29, 1.82) is 0 Å². The van der Waals surface area contributed by atoms with E-state index in [1.54, 1.807) is 6.08 Å². The minimum absolute atomic E-state index is 0.178. The smallest absolute Gasteiger partial charge is 0.142 e. The molecule has 0 aromatic heterocycles. The fraction of sp³-hybridized carbons (Fsp3) is 0.100. The van der Waals surface area contributed by atoms with Gasteiger partial charge in [-0.15, -0.1) is 0 Å². The molecule has 0 unspecified atom stereocenters. The highest BCUT2D eigenvalue weighted by Gasteiger charge is 1.91. The minimum Gasteiger partial charge on any atom is -0.299 e. The number of benzene rings is 1. The minimum atomic E-state index is 0.178. The van der Waals surface area contributed by atoms with Crippen molar-refractivity contribution < 1.29 is 14.9 Å². The number of carbonyl (C=O) groups excluding carboxylic acids is 1. The largest absolute Gasteiger partial charge is 0.299 e. The number of carbonyl (C=O) groups is 1. The van der Waals surface area contributed by atoms with E-state index in [-0.39, 0.29) is 6.61 Å². The Hall–Kier alpha value is -1.45. The molecule has 0 spiro atoms.